The number of hydrogen-bond donors (Lipinski definition) is 2. The summed E-state index contributed by atoms with van der Waals surface area (Å²) in [5.41, 5.74) is 2.09. The topological polar surface area (TPSA) is 71.4 Å². The Labute approximate surface area is 173 Å². The van der Waals surface area contributed by atoms with Crippen LogP contribution in [0.3, 0.4) is 0 Å². The number of nitrogens with one attached hydrogen (secondary N) is 2. The van der Waals surface area contributed by atoms with E-state index in [0.29, 0.717) is 24.1 Å². The molecule has 1 aromatic carbocycles. The summed E-state index contributed by atoms with van der Waals surface area (Å²) in [6.07, 6.45) is 2.53. The average molecular weight is 414 g/mol. The second-order valence-electron chi connectivity index (χ2n) is 6.41. The highest BCUT2D eigenvalue weighted by molar-refractivity contribution is 7.11. The first-order valence-electron chi connectivity index (χ1n) is 9.29. The molecular weight excluding hydrogens is 389 g/mol. The second kappa shape index (κ2) is 9.97. The number of halogens is 1. The maximum Gasteiger partial charge on any atom is 0.219 e. The molecule has 0 bridgehead atoms. The van der Waals surface area contributed by atoms with Gasteiger partial charge < -0.3 is 15.4 Å². The number of thiazole rings is 1. The molecule has 0 radical (unpaired) electrons. The third-order valence-electron chi connectivity index (χ3n) is 4.22. The molecule has 0 atom stereocenters. The van der Waals surface area contributed by atoms with Crippen molar-refractivity contribution in [2.24, 2.45) is 4.99 Å². The molecule has 6 nitrogen and oxygen atoms in total. The standard InChI is InChI=1S/C21H24FN5OS/c1-14-15(2)29-20(27-14)9-11-25-21(23-3)26-13-16-8-10-24-19(12-16)28-18-6-4-17(22)5-7-18/h4-8,10,12H,9,11,13H2,1-3H3,(H2,23,25,26). The number of pyridine rings is 1. The minimum absolute atomic E-state index is 0.303. The first kappa shape index (κ1) is 20.7. The Kier molecular flexibility index (Phi) is 7.13. The molecule has 2 aromatic heterocycles. The van der Waals surface area contributed by atoms with E-state index in [2.05, 4.69) is 32.5 Å². The maximum absolute atomic E-state index is 13.0. The molecule has 0 unspecified atom stereocenters. The summed E-state index contributed by atoms with van der Waals surface area (Å²) in [6.45, 7) is 5.44. The Morgan fingerprint density at radius 1 is 1.17 bits per heavy atom. The van der Waals surface area contributed by atoms with Gasteiger partial charge in [-0.15, -0.1) is 11.3 Å². The van der Waals surface area contributed by atoms with Gasteiger partial charge in [0, 0.05) is 43.7 Å². The van der Waals surface area contributed by atoms with Crippen molar-refractivity contribution >= 4 is 17.3 Å². The minimum atomic E-state index is -0.303. The van der Waals surface area contributed by atoms with Crippen molar-refractivity contribution in [2.75, 3.05) is 13.6 Å². The van der Waals surface area contributed by atoms with Crippen LogP contribution in [-0.2, 0) is 13.0 Å². The Hall–Kier alpha value is -3.00. The van der Waals surface area contributed by atoms with Gasteiger partial charge in [0.25, 0.3) is 0 Å². The Morgan fingerprint density at radius 3 is 2.66 bits per heavy atom. The summed E-state index contributed by atoms with van der Waals surface area (Å²) in [7, 11) is 1.74. The minimum Gasteiger partial charge on any atom is -0.439 e. The van der Waals surface area contributed by atoms with E-state index in [1.165, 1.54) is 17.0 Å². The van der Waals surface area contributed by atoms with Crippen LogP contribution in [-0.4, -0.2) is 29.5 Å². The smallest absolute Gasteiger partial charge is 0.219 e. The van der Waals surface area contributed by atoms with Crippen molar-refractivity contribution < 1.29 is 9.13 Å². The summed E-state index contributed by atoms with van der Waals surface area (Å²) in [4.78, 5) is 14.3. The molecule has 8 heteroatoms. The van der Waals surface area contributed by atoms with Crippen LogP contribution in [0.15, 0.2) is 47.6 Å². The number of aryl methyl sites for hydroxylation is 2. The number of nitrogens with zero attached hydrogens (tertiary/aromatic N) is 3. The summed E-state index contributed by atoms with van der Waals surface area (Å²) < 4.78 is 18.7. The van der Waals surface area contributed by atoms with Crippen molar-refractivity contribution in [2.45, 2.75) is 26.8 Å². The van der Waals surface area contributed by atoms with E-state index in [4.69, 9.17) is 4.74 Å². The molecule has 152 valence electrons. The summed E-state index contributed by atoms with van der Waals surface area (Å²) in [5, 5.41) is 7.70. The zero-order valence-electron chi connectivity index (χ0n) is 16.7. The summed E-state index contributed by atoms with van der Waals surface area (Å²) in [6, 6.07) is 9.58. The van der Waals surface area contributed by atoms with E-state index in [0.717, 1.165) is 29.2 Å². The van der Waals surface area contributed by atoms with Crippen molar-refractivity contribution in [1.29, 1.82) is 0 Å². The SMILES string of the molecule is CN=C(NCCc1nc(C)c(C)s1)NCc1ccnc(Oc2ccc(F)cc2)c1. The van der Waals surface area contributed by atoms with E-state index in [-0.39, 0.29) is 5.82 Å². The quantitative estimate of drug-likeness (QED) is 0.453. The normalized spacial score (nSPS) is 11.4. The van der Waals surface area contributed by atoms with Crippen LogP contribution in [0, 0.1) is 19.7 Å². The molecule has 0 fully saturated rings. The van der Waals surface area contributed by atoms with Gasteiger partial charge in [0.15, 0.2) is 5.96 Å². The van der Waals surface area contributed by atoms with Crippen molar-refractivity contribution in [3.63, 3.8) is 0 Å². The Morgan fingerprint density at radius 2 is 1.97 bits per heavy atom. The fraction of sp³-hybridized carbons (Fsp3) is 0.286. The van der Waals surface area contributed by atoms with E-state index < -0.39 is 0 Å². The fourth-order valence-corrected chi connectivity index (χ4v) is 3.51. The van der Waals surface area contributed by atoms with Gasteiger partial charge >= 0.3 is 0 Å². The van der Waals surface area contributed by atoms with E-state index in [9.17, 15) is 4.39 Å². The zero-order valence-corrected chi connectivity index (χ0v) is 17.5. The molecular formula is C21H24FN5OS. The first-order chi connectivity index (χ1) is 14.0. The number of hydrogen-bond acceptors (Lipinski definition) is 5. The molecule has 0 saturated heterocycles. The molecule has 0 aliphatic rings. The Bertz CT molecular complexity index is 952. The van der Waals surface area contributed by atoms with Gasteiger partial charge in [-0.25, -0.2) is 14.4 Å². The largest absolute Gasteiger partial charge is 0.439 e. The van der Waals surface area contributed by atoms with E-state index >= 15 is 0 Å². The van der Waals surface area contributed by atoms with Gasteiger partial charge in [0.05, 0.1) is 10.7 Å². The van der Waals surface area contributed by atoms with Gasteiger partial charge in [-0.05, 0) is 49.7 Å². The summed E-state index contributed by atoms with van der Waals surface area (Å²) in [5.74, 6) is 1.40. The lowest BCUT2D eigenvalue weighted by atomic mass is 10.2. The van der Waals surface area contributed by atoms with Crippen LogP contribution in [0.25, 0.3) is 0 Å². The third kappa shape index (κ3) is 6.25. The predicted octanol–water partition coefficient (Wildman–Crippen LogP) is 3.99. The molecule has 0 aliphatic heterocycles. The predicted molar refractivity (Wildman–Crippen MR) is 114 cm³/mol. The lowest BCUT2D eigenvalue weighted by Crippen LogP contribution is -2.37. The van der Waals surface area contributed by atoms with Crippen LogP contribution < -0.4 is 15.4 Å². The van der Waals surface area contributed by atoms with Crippen LogP contribution >= 0.6 is 11.3 Å². The van der Waals surface area contributed by atoms with Crippen LogP contribution in [0.1, 0.15) is 21.1 Å². The van der Waals surface area contributed by atoms with Crippen molar-refractivity contribution in [3.8, 4) is 11.6 Å². The highest BCUT2D eigenvalue weighted by atomic mass is 32.1. The van der Waals surface area contributed by atoms with Gasteiger partial charge in [-0.1, -0.05) is 0 Å². The molecule has 0 amide bonds. The molecule has 3 rings (SSSR count). The highest BCUT2D eigenvalue weighted by Crippen LogP contribution is 2.20. The van der Waals surface area contributed by atoms with Gasteiger partial charge in [-0.3, -0.25) is 4.99 Å². The van der Waals surface area contributed by atoms with E-state index in [1.807, 2.05) is 19.1 Å². The molecule has 2 N–H and O–H groups in total. The van der Waals surface area contributed by atoms with Crippen LogP contribution in [0.5, 0.6) is 11.6 Å². The lowest BCUT2D eigenvalue weighted by Gasteiger charge is -2.12. The van der Waals surface area contributed by atoms with Crippen LogP contribution in [0.4, 0.5) is 4.39 Å². The number of aliphatic imine (C=N–C) groups is 1. The summed E-state index contributed by atoms with van der Waals surface area (Å²) >= 11 is 1.73. The van der Waals surface area contributed by atoms with Crippen LogP contribution in [0.2, 0.25) is 0 Å². The molecule has 2 heterocycles. The number of benzene rings is 1. The first-order valence-corrected chi connectivity index (χ1v) is 10.1. The van der Waals surface area contributed by atoms with Gasteiger partial charge in [0.1, 0.15) is 11.6 Å². The molecule has 3 aromatic rings. The maximum atomic E-state index is 13.0. The highest BCUT2D eigenvalue weighted by Gasteiger charge is 2.05. The fourth-order valence-electron chi connectivity index (χ4n) is 2.58. The number of aromatic nitrogens is 2. The monoisotopic (exact) mass is 413 g/mol. The zero-order chi connectivity index (χ0) is 20.6. The lowest BCUT2D eigenvalue weighted by molar-refractivity contribution is 0.460. The molecule has 29 heavy (non-hydrogen) atoms. The molecule has 0 saturated carbocycles. The number of ether oxygens (including phenoxy) is 1. The van der Waals surface area contributed by atoms with Gasteiger partial charge in [-0.2, -0.15) is 0 Å². The number of rotatable bonds is 7. The second-order valence-corrected chi connectivity index (χ2v) is 7.70. The van der Waals surface area contributed by atoms with E-state index in [1.54, 1.807) is 36.7 Å². The molecule has 0 aliphatic carbocycles. The van der Waals surface area contributed by atoms with Gasteiger partial charge in [0.2, 0.25) is 5.88 Å². The average Bonchev–Trinajstić information content (AvgIpc) is 3.04. The number of guanidine groups is 1. The molecule has 0 spiro atoms. The van der Waals surface area contributed by atoms with Crippen molar-refractivity contribution in [1.82, 2.24) is 20.6 Å². The van der Waals surface area contributed by atoms with Crippen molar-refractivity contribution in [3.05, 3.63) is 69.6 Å². The third-order valence-corrected chi connectivity index (χ3v) is 5.36. The Balaban J connectivity index is 1.49.